The second-order valence-corrected chi connectivity index (χ2v) is 5.62. The molecule has 0 spiro atoms. The third-order valence-electron chi connectivity index (χ3n) is 2.53. The van der Waals surface area contributed by atoms with Gasteiger partial charge in [-0.1, -0.05) is 0 Å². The minimum atomic E-state index is 0.0648. The van der Waals surface area contributed by atoms with Crippen molar-refractivity contribution in [3.05, 3.63) is 27.3 Å². The van der Waals surface area contributed by atoms with Crippen LogP contribution in [0.1, 0.15) is 31.7 Å². The van der Waals surface area contributed by atoms with Crippen molar-refractivity contribution in [1.29, 1.82) is 0 Å². The van der Waals surface area contributed by atoms with Crippen molar-refractivity contribution in [2.24, 2.45) is 5.73 Å². The number of nitrogens with two attached hydrogens (primary N) is 1. The van der Waals surface area contributed by atoms with E-state index in [2.05, 4.69) is 34.0 Å². The molecule has 1 rings (SSSR count). The lowest BCUT2D eigenvalue weighted by atomic mass is 10.1. The number of aryl methyl sites for hydroxylation is 1. The molecule has 0 saturated heterocycles. The minimum absolute atomic E-state index is 0.0648. The van der Waals surface area contributed by atoms with Crippen molar-refractivity contribution >= 4 is 34.2 Å². The molecule has 1 unspecified atom stereocenters. The van der Waals surface area contributed by atoms with E-state index >= 15 is 0 Å². The summed E-state index contributed by atoms with van der Waals surface area (Å²) in [7, 11) is 0. The molecule has 3 nitrogen and oxygen atoms in total. The first-order valence-electron chi connectivity index (χ1n) is 5.80. The first kappa shape index (κ1) is 14.4. The van der Waals surface area contributed by atoms with Crippen molar-refractivity contribution in [3.63, 3.8) is 0 Å². The zero-order chi connectivity index (χ0) is 12.8. The Hall–Kier alpha value is -0.620. The number of nitrogens with one attached hydrogen (secondary N) is 1. The predicted octanol–water partition coefficient (Wildman–Crippen LogP) is 3.06. The molecule has 3 N–H and O–H groups in total. The summed E-state index contributed by atoms with van der Waals surface area (Å²) < 4.78 is 1.18. The van der Waals surface area contributed by atoms with Crippen molar-refractivity contribution < 1.29 is 4.79 Å². The van der Waals surface area contributed by atoms with E-state index in [4.69, 9.17) is 5.73 Å². The van der Waals surface area contributed by atoms with E-state index in [0.717, 1.165) is 24.1 Å². The second kappa shape index (κ2) is 6.96. The Kier molecular flexibility index (Phi) is 5.91. The Labute approximate surface area is 116 Å². The SMILES string of the molecule is Cc1cc(I)ccc1NC(=O)CCCC(C)N. The summed E-state index contributed by atoms with van der Waals surface area (Å²) >= 11 is 2.26. The van der Waals surface area contributed by atoms with Crippen LogP contribution < -0.4 is 11.1 Å². The van der Waals surface area contributed by atoms with Gasteiger partial charge in [0, 0.05) is 21.7 Å². The molecule has 4 heteroatoms. The summed E-state index contributed by atoms with van der Waals surface area (Å²) in [6.07, 6.45) is 2.26. The zero-order valence-corrected chi connectivity index (χ0v) is 12.5. The van der Waals surface area contributed by atoms with Gasteiger partial charge in [-0.2, -0.15) is 0 Å². The van der Waals surface area contributed by atoms with Gasteiger partial charge in [0.25, 0.3) is 0 Å². The molecule has 0 aliphatic rings. The number of carbonyl (C=O) groups excluding carboxylic acids is 1. The quantitative estimate of drug-likeness (QED) is 0.806. The number of rotatable bonds is 5. The smallest absolute Gasteiger partial charge is 0.224 e. The molecule has 1 amide bonds. The number of amides is 1. The Morgan fingerprint density at radius 1 is 1.53 bits per heavy atom. The first-order chi connectivity index (χ1) is 7.99. The minimum Gasteiger partial charge on any atom is -0.328 e. The predicted molar refractivity (Wildman–Crippen MR) is 80.0 cm³/mol. The van der Waals surface area contributed by atoms with Crippen LogP contribution in [-0.4, -0.2) is 11.9 Å². The molecular formula is C13H19IN2O. The zero-order valence-electron chi connectivity index (χ0n) is 10.3. The molecule has 0 bridgehead atoms. The van der Waals surface area contributed by atoms with E-state index in [-0.39, 0.29) is 11.9 Å². The van der Waals surface area contributed by atoms with E-state index in [1.807, 2.05) is 26.0 Å². The van der Waals surface area contributed by atoms with E-state index in [1.165, 1.54) is 3.57 Å². The van der Waals surface area contributed by atoms with Crippen LogP contribution in [0, 0.1) is 10.5 Å². The Morgan fingerprint density at radius 2 is 2.24 bits per heavy atom. The summed E-state index contributed by atoms with van der Waals surface area (Å²) in [6, 6.07) is 6.16. The highest BCUT2D eigenvalue weighted by Crippen LogP contribution is 2.18. The molecule has 94 valence electrons. The highest BCUT2D eigenvalue weighted by atomic mass is 127. The fourth-order valence-corrected chi connectivity index (χ4v) is 2.21. The Morgan fingerprint density at radius 3 is 2.82 bits per heavy atom. The van der Waals surface area contributed by atoms with Crippen LogP contribution in [-0.2, 0) is 4.79 Å². The number of anilines is 1. The molecular weight excluding hydrogens is 327 g/mol. The third kappa shape index (κ3) is 5.50. The van der Waals surface area contributed by atoms with Crippen LogP contribution in [0.15, 0.2) is 18.2 Å². The van der Waals surface area contributed by atoms with Crippen LogP contribution in [0.2, 0.25) is 0 Å². The van der Waals surface area contributed by atoms with Gasteiger partial charge in [-0.25, -0.2) is 0 Å². The van der Waals surface area contributed by atoms with Crippen LogP contribution in [0.3, 0.4) is 0 Å². The topological polar surface area (TPSA) is 55.1 Å². The van der Waals surface area contributed by atoms with E-state index in [9.17, 15) is 4.79 Å². The van der Waals surface area contributed by atoms with E-state index < -0.39 is 0 Å². The molecule has 1 aromatic rings. The molecule has 0 heterocycles. The molecule has 17 heavy (non-hydrogen) atoms. The first-order valence-corrected chi connectivity index (χ1v) is 6.88. The molecule has 1 aromatic carbocycles. The fourth-order valence-electron chi connectivity index (χ4n) is 1.56. The molecule has 0 radical (unpaired) electrons. The highest BCUT2D eigenvalue weighted by molar-refractivity contribution is 14.1. The van der Waals surface area contributed by atoms with Gasteiger partial charge in [-0.3, -0.25) is 4.79 Å². The van der Waals surface area contributed by atoms with Crippen LogP contribution in [0.4, 0.5) is 5.69 Å². The highest BCUT2D eigenvalue weighted by Gasteiger charge is 2.05. The van der Waals surface area contributed by atoms with E-state index in [0.29, 0.717) is 6.42 Å². The van der Waals surface area contributed by atoms with Gasteiger partial charge in [-0.05, 0) is 73.0 Å². The molecule has 0 fully saturated rings. The van der Waals surface area contributed by atoms with Gasteiger partial charge in [-0.15, -0.1) is 0 Å². The summed E-state index contributed by atoms with van der Waals surface area (Å²) in [4.78, 5) is 11.7. The Bertz CT molecular complexity index is 391. The lowest BCUT2D eigenvalue weighted by Gasteiger charge is -2.09. The lowest BCUT2D eigenvalue weighted by Crippen LogP contribution is -2.17. The maximum Gasteiger partial charge on any atom is 0.224 e. The maximum atomic E-state index is 11.7. The summed E-state index contributed by atoms with van der Waals surface area (Å²) in [5.41, 5.74) is 7.63. The molecule has 0 aromatic heterocycles. The van der Waals surface area contributed by atoms with Gasteiger partial charge in [0.05, 0.1) is 0 Å². The average Bonchev–Trinajstić information content (AvgIpc) is 2.21. The second-order valence-electron chi connectivity index (χ2n) is 4.38. The molecule has 0 saturated carbocycles. The number of hydrogen-bond acceptors (Lipinski definition) is 2. The van der Waals surface area contributed by atoms with Gasteiger partial charge >= 0.3 is 0 Å². The van der Waals surface area contributed by atoms with Gasteiger partial charge < -0.3 is 11.1 Å². The number of hydrogen-bond donors (Lipinski definition) is 2. The van der Waals surface area contributed by atoms with Crippen molar-refractivity contribution in [3.8, 4) is 0 Å². The van der Waals surface area contributed by atoms with Crippen LogP contribution in [0.5, 0.6) is 0 Å². The average molecular weight is 346 g/mol. The molecule has 0 aliphatic heterocycles. The number of benzene rings is 1. The monoisotopic (exact) mass is 346 g/mol. The largest absolute Gasteiger partial charge is 0.328 e. The van der Waals surface area contributed by atoms with E-state index in [1.54, 1.807) is 0 Å². The Balaban J connectivity index is 2.45. The van der Waals surface area contributed by atoms with Gasteiger partial charge in [0.15, 0.2) is 0 Å². The normalized spacial score (nSPS) is 12.2. The summed E-state index contributed by atoms with van der Waals surface area (Å²) in [5, 5.41) is 2.93. The lowest BCUT2D eigenvalue weighted by molar-refractivity contribution is -0.116. The summed E-state index contributed by atoms with van der Waals surface area (Å²) in [5.74, 6) is 0.0648. The summed E-state index contributed by atoms with van der Waals surface area (Å²) in [6.45, 7) is 3.96. The maximum absolute atomic E-state index is 11.7. The van der Waals surface area contributed by atoms with Crippen LogP contribution in [0.25, 0.3) is 0 Å². The number of halogens is 1. The fraction of sp³-hybridized carbons (Fsp3) is 0.462. The van der Waals surface area contributed by atoms with Gasteiger partial charge in [0.1, 0.15) is 0 Å². The van der Waals surface area contributed by atoms with Crippen molar-refractivity contribution in [2.45, 2.75) is 39.2 Å². The number of carbonyl (C=O) groups is 1. The van der Waals surface area contributed by atoms with Gasteiger partial charge in [0.2, 0.25) is 5.91 Å². The molecule has 0 aliphatic carbocycles. The standard InChI is InChI=1S/C13H19IN2O/c1-9-8-11(14)6-7-12(9)16-13(17)5-3-4-10(2)15/h6-8,10H,3-5,15H2,1-2H3,(H,16,17). The van der Waals surface area contributed by atoms with Crippen LogP contribution >= 0.6 is 22.6 Å². The van der Waals surface area contributed by atoms with Crippen molar-refractivity contribution in [1.82, 2.24) is 0 Å². The molecule has 1 atom stereocenters. The third-order valence-corrected chi connectivity index (χ3v) is 3.20. The van der Waals surface area contributed by atoms with Crippen molar-refractivity contribution in [2.75, 3.05) is 5.32 Å².